The SMILES string of the molecule is CCCCn1c(N)c(NC(CC)CO)c(=O)[nH]c1=O. The van der Waals surface area contributed by atoms with Crippen LogP contribution in [0.25, 0.3) is 0 Å². The monoisotopic (exact) mass is 270 g/mol. The van der Waals surface area contributed by atoms with Gasteiger partial charge in [0.2, 0.25) is 0 Å². The molecule has 1 unspecified atom stereocenters. The summed E-state index contributed by atoms with van der Waals surface area (Å²) in [6.45, 7) is 4.24. The highest BCUT2D eigenvalue weighted by Crippen LogP contribution is 2.13. The Hall–Kier alpha value is -1.76. The van der Waals surface area contributed by atoms with Gasteiger partial charge in [0.05, 0.1) is 6.61 Å². The Morgan fingerprint density at radius 1 is 1.42 bits per heavy atom. The number of anilines is 2. The molecule has 0 amide bonds. The van der Waals surface area contributed by atoms with Gasteiger partial charge in [-0.25, -0.2) is 4.79 Å². The number of H-pyrrole nitrogens is 1. The lowest BCUT2D eigenvalue weighted by atomic mass is 10.2. The van der Waals surface area contributed by atoms with Gasteiger partial charge < -0.3 is 16.2 Å². The highest BCUT2D eigenvalue weighted by Gasteiger charge is 2.14. The second kappa shape index (κ2) is 6.98. The van der Waals surface area contributed by atoms with Crippen molar-refractivity contribution in [2.24, 2.45) is 0 Å². The van der Waals surface area contributed by atoms with Crippen LogP contribution >= 0.6 is 0 Å². The number of aliphatic hydroxyl groups excluding tert-OH is 1. The van der Waals surface area contributed by atoms with Crippen molar-refractivity contribution in [1.29, 1.82) is 0 Å². The van der Waals surface area contributed by atoms with Crippen LogP contribution in [0.2, 0.25) is 0 Å². The molecule has 0 aliphatic heterocycles. The van der Waals surface area contributed by atoms with Crippen molar-refractivity contribution in [2.75, 3.05) is 17.7 Å². The van der Waals surface area contributed by atoms with Crippen LogP contribution in [-0.2, 0) is 6.54 Å². The van der Waals surface area contributed by atoms with Gasteiger partial charge in [-0.15, -0.1) is 0 Å². The van der Waals surface area contributed by atoms with Gasteiger partial charge in [-0.2, -0.15) is 0 Å². The van der Waals surface area contributed by atoms with Crippen LogP contribution < -0.4 is 22.3 Å². The number of unbranched alkanes of at least 4 members (excludes halogenated alkanes) is 1. The van der Waals surface area contributed by atoms with Crippen molar-refractivity contribution in [1.82, 2.24) is 9.55 Å². The van der Waals surface area contributed by atoms with Gasteiger partial charge in [-0.3, -0.25) is 14.3 Å². The zero-order valence-electron chi connectivity index (χ0n) is 11.4. The lowest BCUT2D eigenvalue weighted by molar-refractivity contribution is 0.271. The number of rotatable bonds is 7. The third-order valence-electron chi connectivity index (χ3n) is 3.04. The quantitative estimate of drug-likeness (QED) is 0.561. The summed E-state index contributed by atoms with van der Waals surface area (Å²) in [5.41, 5.74) is 4.98. The standard InChI is InChI=1S/C12H22N4O3/c1-3-5-6-16-10(13)9(11(18)15-12(16)19)14-8(4-2)7-17/h8,14,17H,3-7,13H2,1-2H3,(H,15,18,19). The highest BCUT2D eigenvalue weighted by atomic mass is 16.3. The summed E-state index contributed by atoms with van der Waals surface area (Å²) >= 11 is 0. The van der Waals surface area contributed by atoms with Crippen LogP contribution in [0.15, 0.2) is 9.59 Å². The molecule has 0 saturated heterocycles. The van der Waals surface area contributed by atoms with Crippen molar-refractivity contribution in [3.8, 4) is 0 Å². The molecular weight excluding hydrogens is 248 g/mol. The van der Waals surface area contributed by atoms with E-state index in [-0.39, 0.29) is 24.2 Å². The summed E-state index contributed by atoms with van der Waals surface area (Å²) in [6, 6.07) is -0.263. The predicted molar refractivity (Wildman–Crippen MR) is 75.4 cm³/mol. The molecule has 1 atom stereocenters. The fourth-order valence-electron chi connectivity index (χ4n) is 1.75. The zero-order chi connectivity index (χ0) is 14.4. The lowest BCUT2D eigenvalue weighted by Gasteiger charge is -2.18. The summed E-state index contributed by atoms with van der Waals surface area (Å²) in [4.78, 5) is 25.7. The average molecular weight is 270 g/mol. The molecule has 7 nitrogen and oxygen atoms in total. The molecular formula is C12H22N4O3. The molecule has 0 fully saturated rings. The Kier molecular flexibility index (Phi) is 5.62. The third-order valence-corrected chi connectivity index (χ3v) is 3.04. The van der Waals surface area contributed by atoms with Crippen molar-refractivity contribution in [3.05, 3.63) is 20.8 Å². The summed E-state index contributed by atoms with van der Waals surface area (Å²) in [6.07, 6.45) is 2.36. The van der Waals surface area contributed by atoms with E-state index in [1.165, 1.54) is 4.57 Å². The molecule has 19 heavy (non-hydrogen) atoms. The number of nitrogens with zero attached hydrogens (tertiary/aromatic N) is 1. The Bertz CT molecular complexity index is 517. The van der Waals surface area contributed by atoms with Gasteiger partial charge in [-0.1, -0.05) is 20.3 Å². The summed E-state index contributed by atoms with van der Waals surface area (Å²) in [7, 11) is 0. The van der Waals surface area contributed by atoms with Gasteiger partial charge in [0.15, 0.2) is 0 Å². The van der Waals surface area contributed by atoms with E-state index >= 15 is 0 Å². The van der Waals surface area contributed by atoms with Crippen LogP contribution in [0.4, 0.5) is 11.5 Å². The smallest absolute Gasteiger partial charge is 0.330 e. The lowest BCUT2D eigenvalue weighted by Crippen LogP contribution is -2.36. The Morgan fingerprint density at radius 3 is 2.63 bits per heavy atom. The van der Waals surface area contributed by atoms with Crippen LogP contribution in [0.5, 0.6) is 0 Å². The molecule has 0 radical (unpaired) electrons. The van der Waals surface area contributed by atoms with Crippen LogP contribution in [-0.4, -0.2) is 27.3 Å². The van der Waals surface area contributed by atoms with E-state index < -0.39 is 11.2 Å². The van der Waals surface area contributed by atoms with Gasteiger partial charge in [0, 0.05) is 12.6 Å². The first-order chi connectivity index (χ1) is 9.04. The number of hydrogen-bond acceptors (Lipinski definition) is 5. The molecule has 1 aromatic rings. The molecule has 0 aliphatic carbocycles. The van der Waals surface area contributed by atoms with Gasteiger partial charge in [0.25, 0.3) is 5.56 Å². The van der Waals surface area contributed by atoms with Gasteiger partial charge >= 0.3 is 5.69 Å². The topological polar surface area (TPSA) is 113 Å². The van der Waals surface area contributed by atoms with Crippen molar-refractivity contribution >= 4 is 11.5 Å². The van der Waals surface area contributed by atoms with Crippen LogP contribution in [0.1, 0.15) is 33.1 Å². The number of nitrogen functional groups attached to an aromatic ring is 1. The normalized spacial score (nSPS) is 12.4. The van der Waals surface area contributed by atoms with E-state index in [0.717, 1.165) is 12.8 Å². The van der Waals surface area contributed by atoms with E-state index in [9.17, 15) is 9.59 Å². The van der Waals surface area contributed by atoms with Crippen molar-refractivity contribution in [3.63, 3.8) is 0 Å². The minimum Gasteiger partial charge on any atom is -0.394 e. The molecule has 0 bridgehead atoms. The molecule has 0 aliphatic rings. The van der Waals surface area contributed by atoms with Crippen LogP contribution in [0, 0.1) is 0 Å². The molecule has 7 heteroatoms. The number of aliphatic hydroxyl groups is 1. The number of nitrogens with one attached hydrogen (secondary N) is 2. The Labute approximate surface area is 111 Å². The maximum absolute atomic E-state index is 11.8. The number of nitrogens with two attached hydrogens (primary N) is 1. The predicted octanol–water partition coefficient (Wildman–Crippen LogP) is 0.102. The molecule has 0 aromatic carbocycles. The summed E-state index contributed by atoms with van der Waals surface area (Å²) < 4.78 is 1.34. The molecule has 1 rings (SSSR count). The van der Waals surface area contributed by atoms with E-state index in [1.54, 1.807) is 0 Å². The minimum absolute atomic E-state index is 0.108. The average Bonchev–Trinajstić information content (AvgIpc) is 2.38. The highest BCUT2D eigenvalue weighted by molar-refractivity contribution is 5.60. The van der Waals surface area contributed by atoms with E-state index in [1.807, 2.05) is 13.8 Å². The molecule has 0 spiro atoms. The molecule has 0 saturated carbocycles. The fraction of sp³-hybridized carbons (Fsp3) is 0.667. The Balaban J connectivity index is 3.17. The zero-order valence-corrected chi connectivity index (χ0v) is 11.4. The Morgan fingerprint density at radius 2 is 2.11 bits per heavy atom. The maximum Gasteiger partial charge on any atom is 0.330 e. The first-order valence-electron chi connectivity index (χ1n) is 6.55. The largest absolute Gasteiger partial charge is 0.394 e. The van der Waals surface area contributed by atoms with Gasteiger partial charge in [-0.05, 0) is 12.8 Å². The summed E-state index contributed by atoms with van der Waals surface area (Å²) in [5.74, 6) is 0.120. The van der Waals surface area contributed by atoms with E-state index in [4.69, 9.17) is 10.8 Å². The first kappa shape index (κ1) is 15.3. The molecule has 5 N–H and O–H groups in total. The van der Waals surface area contributed by atoms with E-state index in [0.29, 0.717) is 13.0 Å². The third kappa shape index (κ3) is 3.60. The number of hydrogen-bond donors (Lipinski definition) is 4. The van der Waals surface area contributed by atoms with Crippen molar-refractivity contribution in [2.45, 2.75) is 45.7 Å². The second-order valence-corrected chi connectivity index (χ2v) is 4.46. The maximum atomic E-state index is 11.8. The van der Waals surface area contributed by atoms with Crippen molar-refractivity contribution < 1.29 is 5.11 Å². The van der Waals surface area contributed by atoms with Gasteiger partial charge in [0.1, 0.15) is 11.5 Å². The fourth-order valence-corrected chi connectivity index (χ4v) is 1.75. The first-order valence-corrected chi connectivity index (χ1v) is 6.55. The number of aromatic nitrogens is 2. The second-order valence-electron chi connectivity index (χ2n) is 4.46. The minimum atomic E-state index is -0.554. The molecule has 108 valence electrons. The van der Waals surface area contributed by atoms with E-state index in [2.05, 4.69) is 10.3 Å². The number of aromatic amines is 1. The van der Waals surface area contributed by atoms with Crippen LogP contribution in [0.3, 0.4) is 0 Å². The summed E-state index contributed by atoms with van der Waals surface area (Å²) in [5, 5.41) is 12.0. The molecule has 1 aromatic heterocycles. The molecule has 1 heterocycles.